The second kappa shape index (κ2) is 8.42. The Morgan fingerprint density at radius 2 is 1.93 bits per heavy atom. The number of carboxylic acids is 1. The van der Waals surface area contributed by atoms with Crippen molar-refractivity contribution in [1.29, 1.82) is 0 Å². The summed E-state index contributed by atoms with van der Waals surface area (Å²) in [6.07, 6.45) is 4.97. The lowest BCUT2D eigenvalue weighted by Gasteiger charge is -2.29. The average molecular weight is 391 g/mol. The van der Waals surface area contributed by atoms with Gasteiger partial charge in [-0.15, -0.1) is 0 Å². The number of carboxylic acid groups (broad SMARTS) is 1. The van der Waals surface area contributed by atoms with Crippen LogP contribution in [-0.2, 0) is 13.1 Å². The zero-order chi connectivity index (χ0) is 20.4. The maximum absolute atomic E-state index is 12.3. The normalized spacial score (nSPS) is 19.5. The van der Waals surface area contributed by atoms with Crippen LogP contribution >= 0.6 is 0 Å². The van der Waals surface area contributed by atoms with Crippen molar-refractivity contribution in [3.63, 3.8) is 0 Å². The molecule has 1 fully saturated rings. The smallest absolute Gasteiger partial charge is 0.352 e. The minimum absolute atomic E-state index is 0.406. The Kier molecular flexibility index (Phi) is 5.72. The summed E-state index contributed by atoms with van der Waals surface area (Å²) in [7, 11) is 0. The number of aromatic nitrogens is 1. The van der Waals surface area contributed by atoms with Crippen LogP contribution in [-0.4, -0.2) is 21.7 Å². The maximum Gasteiger partial charge on any atom is 0.352 e. The highest BCUT2D eigenvalue weighted by atomic mass is 16.4. The molecule has 2 N–H and O–H groups in total. The molecule has 1 aliphatic rings. The standard InChI is InChI=1S/C25H30N2O2/c1-17-8-7-10-19(14-17)16-27-23-13-6-4-11-20(23)21(24(27)25(28)29)15-26-22-12-5-3-9-18(22)2/h4,6-8,10-11,13-14,18,22,26H,3,5,9,12,15-16H2,1-2H3,(H,28,29)/t18-,22-/m1/s1. The molecule has 1 aliphatic carbocycles. The van der Waals surface area contributed by atoms with Gasteiger partial charge in [-0.25, -0.2) is 4.79 Å². The van der Waals surface area contributed by atoms with Gasteiger partial charge in [0.05, 0.1) is 0 Å². The number of para-hydroxylation sites is 1. The number of aromatic carboxylic acids is 1. The molecule has 0 unspecified atom stereocenters. The van der Waals surface area contributed by atoms with Gasteiger partial charge in [-0.05, 0) is 37.3 Å². The van der Waals surface area contributed by atoms with Crippen LogP contribution in [0.25, 0.3) is 10.9 Å². The van der Waals surface area contributed by atoms with E-state index in [9.17, 15) is 9.90 Å². The number of carbonyl (C=O) groups is 1. The van der Waals surface area contributed by atoms with E-state index in [0.717, 1.165) is 22.0 Å². The number of nitrogens with zero attached hydrogens (tertiary/aromatic N) is 1. The van der Waals surface area contributed by atoms with Crippen LogP contribution in [0.3, 0.4) is 0 Å². The molecule has 0 saturated heterocycles. The molecule has 2 aromatic carbocycles. The van der Waals surface area contributed by atoms with E-state index in [1.54, 1.807) is 0 Å². The zero-order valence-corrected chi connectivity index (χ0v) is 17.3. The quantitative estimate of drug-likeness (QED) is 0.595. The van der Waals surface area contributed by atoms with E-state index in [0.29, 0.717) is 30.7 Å². The fraction of sp³-hybridized carbons (Fsp3) is 0.400. The zero-order valence-electron chi connectivity index (χ0n) is 17.3. The molecular weight excluding hydrogens is 360 g/mol. The third kappa shape index (κ3) is 4.08. The third-order valence-corrected chi connectivity index (χ3v) is 6.35. The van der Waals surface area contributed by atoms with Crippen molar-refractivity contribution in [2.75, 3.05) is 0 Å². The van der Waals surface area contributed by atoms with E-state index < -0.39 is 5.97 Å². The molecule has 0 amide bonds. The Bertz CT molecular complexity index is 1020. The summed E-state index contributed by atoms with van der Waals surface area (Å²) in [6, 6.07) is 16.8. The summed E-state index contributed by atoms with van der Waals surface area (Å²) in [4.78, 5) is 12.3. The fourth-order valence-electron chi connectivity index (χ4n) is 4.81. The van der Waals surface area contributed by atoms with Crippen LogP contribution in [0.2, 0.25) is 0 Å². The van der Waals surface area contributed by atoms with Crippen LogP contribution in [0, 0.1) is 12.8 Å². The van der Waals surface area contributed by atoms with Gasteiger partial charge in [-0.2, -0.15) is 0 Å². The molecule has 3 aromatic rings. The molecule has 2 atom stereocenters. The Labute approximate surface area is 172 Å². The number of hydrogen-bond donors (Lipinski definition) is 2. The second-order valence-electron chi connectivity index (χ2n) is 8.47. The van der Waals surface area contributed by atoms with Crippen molar-refractivity contribution in [2.24, 2.45) is 5.92 Å². The van der Waals surface area contributed by atoms with Gasteiger partial charge in [-0.1, -0.05) is 67.8 Å². The Morgan fingerprint density at radius 1 is 1.14 bits per heavy atom. The summed E-state index contributed by atoms with van der Waals surface area (Å²) >= 11 is 0. The van der Waals surface area contributed by atoms with Gasteiger partial charge in [0.2, 0.25) is 0 Å². The number of aryl methyl sites for hydroxylation is 1. The number of hydrogen-bond acceptors (Lipinski definition) is 2. The molecule has 152 valence electrons. The lowest BCUT2D eigenvalue weighted by atomic mass is 9.86. The molecule has 4 rings (SSSR count). The minimum Gasteiger partial charge on any atom is -0.477 e. The number of rotatable bonds is 6. The van der Waals surface area contributed by atoms with Gasteiger partial charge in [0, 0.05) is 35.6 Å². The third-order valence-electron chi connectivity index (χ3n) is 6.35. The van der Waals surface area contributed by atoms with E-state index in [1.807, 2.05) is 28.8 Å². The van der Waals surface area contributed by atoms with Gasteiger partial charge >= 0.3 is 5.97 Å². The summed E-state index contributed by atoms with van der Waals surface area (Å²) in [5, 5.41) is 14.8. The summed E-state index contributed by atoms with van der Waals surface area (Å²) in [5.74, 6) is -0.222. The highest BCUT2D eigenvalue weighted by Gasteiger charge is 2.25. The van der Waals surface area contributed by atoms with Gasteiger partial charge in [-0.3, -0.25) is 0 Å². The van der Waals surface area contributed by atoms with E-state index in [1.165, 1.54) is 31.2 Å². The van der Waals surface area contributed by atoms with Crippen molar-refractivity contribution in [1.82, 2.24) is 9.88 Å². The van der Waals surface area contributed by atoms with Crippen LogP contribution in [0.1, 0.15) is 59.8 Å². The first-order valence-corrected chi connectivity index (χ1v) is 10.7. The number of benzene rings is 2. The predicted molar refractivity (Wildman–Crippen MR) is 117 cm³/mol. The largest absolute Gasteiger partial charge is 0.477 e. The van der Waals surface area contributed by atoms with E-state index in [-0.39, 0.29) is 0 Å². The lowest BCUT2D eigenvalue weighted by molar-refractivity contribution is 0.0684. The van der Waals surface area contributed by atoms with Crippen molar-refractivity contribution in [3.8, 4) is 0 Å². The first-order chi connectivity index (χ1) is 14.0. The molecular formula is C25H30N2O2. The summed E-state index contributed by atoms with van der Waals surface area (Å²) in [5.41, 5.74) is 4.60. The van der Waals surface area contributed by atoms with Crippen molar-refractivity contribution < 1.29 is 9.90 Å². The molecule has 4 nitrogen and oxygen atoms in total. The molecule has 4 heteroatoms. The van der Waals surface area contributed by atoms with E-state index in [4.69, 9.17) is 0 Å². The minimum atomic E-state index is -0.859. The Balaban J connectivity index is 1.73. The first-order valence-electron chi connectivity index (χ1n) is 10.7. The summed E-state index contributed by atoms with van der Waals surface area (Å²) < 4.78 is 1.97. The molecule has 1 aromatic heterocycles. The molecule has 0 bridgehead atoms. The lowest BCUT2D eigenvalue weighted by Crippen LogP contribution is -2.37. The van der Waals surface area contributed by atoms with E-state index in [2.05, 4.69) is 43.4 Å². The van der Waals surface area contributed by atoms with Crippen LogP contribution in [0.5, 0.6) is 0 Å². The Hall–Kier alpha value is -2.59. The fourth-order valence-corrected chi connectivity index (χ4v) is 4.81. The SMILES string of the molecule is Cc1cccc(Cn2c(C(=O)O)c(CN[C@@H]3CCCC[C@H]3C)c3ccccc32)c1. The molecule has 0 aliphatic heterocycles. The molecule has 1 heterocycles. The highest BCUT2D eigenvalue weighted by molar-refractivity contribution is 5.98. The second-order valence-corrected chi connectivity index (χ2v) is 8.47. The molecule has 1 saturated carbocycles. The first kappa shape index (κ1) is 19.7. The van der Waals surface area contributed by atoms with Gasteiger partial charge in [0.15, 0.2) is 0 Å². The van der Waals surface area contributed by atoms with Gasteiger partial charge < -0.3 is 15.0 Å². The Morgan fingerprint density at radius 3 is 2.69 bits per heavy atom. The van der Waals surface area contributed by atoms with Crippen LogP contribution < -0.4 is 5.32 Å². The molecule has 0 radical (unpaired) electrons. The topological polar surface area (TPSA) is 54.3 Å². The highest BCUT2D eigenvalue weighted by Crippen LogP contribution is 2.29. The van der Waals surface area contributed by atoms with E-state index >= 15 is 0 Å². The monoisotopic (exact) mass is 390 g/mol. The molecule has 29 heavy (non-hydrogen) atoms. The predicted octanol–water partition coefficient (Wildman–Crippen LogP) is 5.36. The molecule has 0 spiro atoms. The van der Waals surface area contributed by atoms with Crippen LogP contribution in [0.15, 0.2) is 48.5 Å². The number of fused-ring (bicyclic) bond motifs is 1. The summed E-state index contributed by atoms with van der Waals surface area (Å²) in [6.45, 7) is 5.52. The van der Waals surface area contributed by atoms with Gasteiger partial charge in [0.1, 0.15) is 5.69 Å². The maximum atomic E-state index is 12.3. The average Bonchev–Trinajstić information content (AvgIpc) is 3.01. The van der Waals surface area contributed by atoms with Crippen molar-refractivity contribution in [3.05, 3.63) is 70.9 Å². The van der Waals surface area contributed by atoms with Gasteiger partial charge in [0.25, 0.3) is 0 Å². The number of nitrogens with one attached hydrogen (secondary N) is 1. The van der Waals surface area contributed by atoms with Crippen LogP contribution in [0.4, 0.5) is 0 Å². The van der Waals surface area contributed by atoms with Crippen molar-refractivity contribution in [2.45, 2.75) is 58.7 Å². The van der Waals surface area contributed by atoms with Crippen molar-refractivity contribution >= 4 is 16.9 Å².